The maximum atomic E-state index is 6.25. The lowest BCUT2D eigenvalue weighted by Crippen LogP contribution is -2.03. The van der Waals surface area contributed by atoms with E-state index in [-0.39, 0.29) is 0 Å². The molecule has 0 aliphatic rings. The summed E-state index contributed by atoms with van der Waals surface area (Å²) in [5, 5.41) is 3.79. The number of aryl methyl sites for hydroxylation is 2. The second-order valence-corrected chi connectivity index (χ2v) is 4.62. The van der Waals surface area contributed by atoms with Crippen molar-refractivity contribution in [2.45, 2.75) is 20.4 Å². The summed E-state index contributed by atoms with van der Waals surface area (Å²) in [6.07, 6.45) is 0. The molecule has 0 radical (unpaired) electrons. The van der Waals surface area contributed by atoms with Crippen LogP contribution in [0.2, 0.25) is 5.02 Å². The minimum absolute atomic E-state index is 0.725. The average Bonchev–Trinajstić information content (AvgIpc) is 2.72. The Labute approximate surface area is 107 Å². The van der Waals surface area contributed by atoms with Gasteiger partial charge in [0.25, 0.3) is 0 Å². The van der Waals surface area contributed by atoms with Gasteiger partial charge in [-0.3, -0.25) is 0 Å². The SMILES string of the molecule is CNCc1ccc(-c2cc(C)c(C)cc2Cl)o1. The lowest BCUT2D eigenvalue weighted by molar-refractivity contribution is 0.507. The van der Waals surface area contributed by atoms with Gasteiger partial charge in [0.2, 0.25) is 0 Å². The molecule has 3 heteroatoms. The van der Waals surface area contributed by atoms with Crippen molar-refractivity contribution in [3.63, 3.8) is 0 Å². The zero-order valence-electron chi connectivity index (χ0n) is 10.3. The van der Waals surface area contributed by atoms with Gasteiger partial charge in [0, 0.05) is 5.56 Å². The van der Waals surface area contributed by atoms with E-state index in [9.17, 15) is 0 Å². The zero-order valence-corrected chi connectivity index (χ0v) is 11.1. The molecule has 0 aliphatic heterocycles. The first-order chi connectivity index (χ1) is 8.11. The van der Waals surface area contributed by atoms with Crippen molar-refractivity contribution in [1.29, 1.82) is 0 Å². The Morgan fingerprint density at radius 1 is 1.18 bits per heavy atom. The van der Waals surface area contributed by atoms with Crippen LogP contribution in [-0.2, 0) is 6.54 Å². The molecule has 0 spiro atoms. The molecule has 90 valence electrons. The third kappa shape index (κ3) is 2.54. The van der Waals surface area contributed by atoms with Gasteiger partial charge in [-0.2, -0.15) is 0 Å². The molecule has 1 aromatic heterocycles. The predicted octanol–water partition coefficient (Wildman–Crippen LogP) is 3.94. The molecule has 0 atom stereocenters. The molecule has 2 aromatic rings. The lowest BCUT2D eigenvalue weighted by atomic mass is 10.0. The number of rotatable bonds is 3. The molecule has 2 nitrogen and oxygen atoms in total. The Hall–Kier alpha value is -1.25. The fraction of sp³-hybridized carbons (Fsp3) is 0.286. The normalized spacial score (nSPS) is 10.8. The molecule has 0 saturated carbocycles. The van der Waals surface area contributed by atoms with Crippen LogP contribution in [0.15, 0.2) is 28.7 Å². The van der Waals surface area contributed by atoms with E-state index < -0.39 is 0 Å². The smallest absolute Gasteiger partial charge is 0.135 e. The van der Waals surface area contributed by atoms with Gasteiger partial charge < -0.3 is 9.73 Å². The number of hydrogen-bond acceptors (Lipinski definition) is 2. The van der Waals surface area contributed by atoms with E-state index in [2.05, 4.69) is 25.2 Å². The molecule has 1 heterocycles. The van der Waals surface area contributed by atoms with E-state index in [4.69, 9.17) is 16.0 Å². The van der Waals surface area contributed by atoms with Crippen LogP contribution in [0.4, 0.5) is 0 Å². The first kappa shape index (κ1) is 12.2. The van der Waals surface area contributed by atoms with Gasteiger partial charge in [-0.1, -0.05) is 11.6 Å². The quantitative estimate of drug-likeness (QED) is 0.892. The minimum Gasteiger partial charge on any atom is -0.460 e. The van der Waals surface area contributed by atoms with Crippen LogP contribution in [-0.4, -0.2) is 7.05 Å². The van der Waals surface area contributed by atoms with Crippen molar-refractivity contribution in [3.8, 4) is 11.3 Å². The monoisotopic (exact) mass is 249 g/mol. The van der Waals surface area contributed by atoms with E-state index >= 15 is 0 Å². The van der Waals surface area contributed by atoms with Crippen molar-refractivity contribution in [2.24, 2.45) is 0 Å². The standard InChI is InChI=1S/C14H16ClNO/c1-9-6-12(13(15)7-10(9)2)14-5-4-11(17-14)8-16-3/h4-7,16H,8H2,1-3H3. The highest BCUT2D eigenvalue weighted by Gasteiger charge is 2.10. The van der Waals surface area contributed by atoms with Crippen LogP contribution in [0.25, 0.3) is 11.3 Å². The Kier molecular flexibility index (Phi) is 3.55. The number of hydrogen-bond donors (Lipinski definition) is 1. The van der Waals surface area contributed by atoms with Crippen molar-refractivity contribution >= 4 is 11.6 Å². The first-order valence-electron chi connectivity index (χ1n) is 5.62. The summed E-state index contributed by atoms with van der Waals surface area (Å²) in [5.41, 5.74) is 3.37. The van der Waals surface area contributed by atoms with Crippen molar-refractivity contribution in [1.82, 2.24) is 5.32 Å². The van der Waals surface area contributed by atoms with Gasteiger partial charge in [0.05, 0.1) is 11.6 Å². The molecule has 1 aromatic carbocycles. The molecular weight excluding hydrogens is 234 g/mol. The molecule has 0 bridgehead atoms. The number of furan rings is 1. The van der Waals surface area contributed by atoms with Crippen LogP contribution in [0.1, 0.15) is 16.9 Å². The average molecular weight is 250 g/mol. The highest BCUT2D eigenvalue weighted by atomic mass is 35.5. The number of nitrogens with one attached hydrogen (secondary N) is 1. The Balaban J connectivity index is 2.41. The molecule has 0 saturated heterocycles. The van der Waals surface area contributed by atoms with Crippen LogP contribution < -0.4 is 5.32 Å². The van der Waals surface area contributed by atoms with E-state index in [0.29, 0.717) is 0 Å². The van der Waals surface area contributed by atoms with Crippen molar-refractivity contribution in [2.75, 3.05) is 7.05 Å². The van der Waals surface area contributed by atoms with Crippen molar-refractivity contribution < 1.29 is 4.42 Å². The fourth-order valence-electron chi connectivity index (χ4n) is 1.76. The summed E-state index contributed by atoms with van der Waals surface area (Å²) in [4.78, 5) is 0. The lowest BCUT2D eigenvalue weighted by Gasteiger charge is -2.06. The van der Waals surface area contributed by atoms with Crippen molar-refractivity contribution in [3.05, 3.63) is 46.2 Å². The fourth-order valence-corrected chi connectivity index (χ4v) is 2.07. The van der Waals surface area contributed by atoms with Gasteiger partial charge in [-0.05, 0) is 56.3 Å². The van der Waals surface area contributed by atoms with Gasteiger partial charge in [0.15, 0.2) is 0 Å². The minimum atomic E-state index is 0.725. The molecular formula is C14H16ClNO. The van der Waals surface area contributed by atoms with Gasteiger partial charge >= 0.3 is 0 Å². The topological polar surface area (TPSA) is 25.2 Å². The Morgan fingerprint density at radius 3 is 2.59 bits per heavy atom. The molecule has 0 fully saturated rings. The highest BCUT2D eigenvalue weighted by molar-refractivity contribution is 6.33. The molecule has 17 heavy (non-hydrogen) atoms. The Morgan fingerprint density at radius 2 is 1.88 bits per heavy atom. The van der Waals surface area contributed by atoms with Gasteiger partial charge in [-0.25, -0.2) is 0 Å². The van der Waals surface area contributed by atoms with Gasteiger partial charge in [0.1, 0.15) is 11.5 Å². The molecule has 0 unspecified atom stereocenters. The predicted molar refractivity (Wildman–Crippen MR) is 71.4 cm³/mol. The summed E-state index contributed by atoms with van der Waals surface area (Å²) in [6.45, 7) is 4.86. The summed E-state index contributed by atoms with van der Waals surface area (Å²) in [7, 11) is 1.89. The van der Waals surface area contributed by atoms with E-state index in [1.807, 2.05) is 25.2 Å². The van der Waals surface area contributed by atoms with E-state index in [1.165, 1.54) is 11.1 Å². The maximum Gasteiger partial charge on any atom is 0.135 e. The number of halogens is 1. The largest absolute Gasteiger partial charge is 0.460 e. The van der Waals surface area contributed by atoms with E-state index in [1.54, 1.807) is 0 Å². The van der Waals surface area contributed by atoms with E-state index in [0.717, 1.165) is 28.7 Å². The summed E-state index contributed by atoms with van der Waals surface area (Å²) in [5.74, 6) is 1.74. The van der Waals surface area contributed by atoms with Crippen LogP contribution >= 0.6 is 11.6 Å². The number of benzene rings is 1. The van der Waals surface area contributed by atoms with Crippen LogP contribution in [0, 0.1) is 13.8 Å². The summed E-state index contributed by atoms with van der Waals surface area (Å²) in [6, 6.07) is 7.98. The van der Waals surface area contributed by atoms with Crippen LogP contribution in [0.3, 0.4) is 0 Å². The third-order valence-electron chi connectivity index (χ3n) is 2.86. The molecule has 0 aliphatic carbocycles. The molecule has 0 amide bonds. The first-order valence-corrected chi connectivity index (χ1v) is 6.00. The molecule has 1 N–H and O–H groups in total. The maximum absolute atomic E-state index is 6.25. The second-order valence-electron chi connectivity index (χ2n) is 4.21. The van der Waals surface area contributed by atoms with Gasteiger partial charge in [-0.15, -0.1) is 0 Å². The Bertz CT molecular complexity index is 531. The molecule has 2 rings (SSSR count). The zero-order chi connectivity index (χ0) is 12.4. The summed E-state index contributed by atoms with van der Waals surface area (Å²) >= 11 is 6.25. The van der Waals surface area contributed by atoms with Crippen LogP contribution in [0.5, 0.6) is 0 Å². The highest BCUT2D eigenvalue weighted by Crippen LogP contribution is 2.31. The summed E-state index contributed by atoms with van der Waals surface area (Å²) < 4.78 is 5.74. The third-order valence-corrected chi connectivity index (χ3v) is 3.17. The second kappa shape index (κ2) is 4.94.